The van der Waals surface area contributed by atoms with E-state index in [0.717, 1.165) is 16.6 Å². The summed E-state index contributed by atoms with van der Waals surface area (Å²) in [7, 11) is 1.98. The quantitative estimate of drug-likeness (QED) is 0.656. The van der Waals surface area contributed by atoms with Gasteiger partial charge in [-0.3, -0.25) is 0 Å². The van der Waals surface area contributed by atoms with Gasteiger partial charge in [-0.25, -0.2) is 0 Å². The second-order valence-electron chi connectivity index (χ2n) is 5.32. The summed E-state index contributed by atoms with van der Waals surface area (Å²) in [4.78, 5) is 4.46. The van der Waals surface area contributed by atoms with Crippen LogP contribution in [0.1, 0.15) is 11.1 Å². The zero-order valence-electron chi connectivity index (χ0n) is 13.1. The second kappa shape index (κ2) is 7.50. The van der Waals surface area contributed by atoms with Crippen LogP contribution in [0, 0.1) is 0 Å². The summed E-state index contributed by atoms with van der Waals surface area (Å²) in [5.41, 5.74) is 3.22. The lowest BCUT2D eigenvalue weighted by molar-refractivity contribution is 0.269. The third-order valence-electron chi connectivity index (χ3n) is 3.47. The van der Waals surface area contributed by atoms with Crippen molar-refractivity contribution in [1.82, 2.24) is 4.98 Å². The van der Waals surface area contributed by atoms with Crippen LogP contribution in [0.2, 0.25) is 0 Å². The molecule has 0 aliphatic carbocycles. The first-order chi connectivity index (χ1) is 11.3. The summed E-state index contributed by atoms with van der Waals surface area (Å²) in [6.45, 7) is 0.992. The number of ether oxygens (including phenoxy) is 2. The Hall–Kier alpha value is -2.75. The standard InChI is InChI=1S/C19H18BNO2/c20-17-11-12-18(22-13-15-7-3-1-4-8-15)21-19(17)23-14-16-9-5-2-6-10-16/h1-12H,13-14,20H2. The number of benzene rings is 2. The van der Waals surface area contributed by atoms with Gasteiger partial charge in [0.1, 0.15) is 21.1 Å². The summed E-state index contributed by atoms with van der Waals surface area (Å²) in [6, 6.07) is 23.9. The maximum absolute atomic E-state index is 5.82. The lowest BCUT2D eigenvalue weighted by Gasteiger charge is -2.11. The molecule has 0 atom stereocenters. The first kappa shape index (κ1) is 15.2. The number of hydrogen-bond donors (Lipinski definition) is 0. The maximum Gasteiger partial charge on any atom is 0.216 e. The third-order valence-corrected chi connectivity index (χ3v) is 3.47. The van der Waals surface area contributed by atoms with Crippen molar-refractivity contribution in [3.63, 3.8) is 0 Å². The lowest BCUT2D eigenvalue weighted by atomic mass is 9.98. The molecule has 0 amide bonds. The Morgan fingerprint density at radius 1 is 0.696 bits per heavy atom. The van der Waals surface area contributed by atoms with Gasteiger partial charge in [-0.15, -0.1) is 0 Å². The average Bonchev–Trinajstić information content (AvgIpc) is 2.62. The van der Waals surface area contributed by atoms with Crippen LogP contribution in [0.4, 0.5) is 0 Å². The molecule has 0 spiro atoms. The van der Waals surface area contributed by atoms with Crippen molar-refractivity contribution in [2.24, 2.45) is 0 Å². The molecule has 1 heterocycles. The number of pyridine rings is 1. The molecule has 0 bridgehead atoms. The van der Waals surface area contributed by atoms with Gasteiger partial charge in [0.15, 0.2) is 0 Å². The van der Waals surface area contributed by atoms with Gasteiger partial charge in [0.2, 0.25) is 11.8 Å². The van der Waals surface area contributed by atoms with Gasteiger partial charge in [-0.05, 0) is 22.7 Å². The molecule has 114 valence electrons. The number of nitrogens with zero attached hydrogens (tertiary/aromatic N) is 1. The molecule has 2 aromatic carbocycles. The molecule has 1 aromatic heterocycles. The van der Waals surface area contributed by atoms with Crippen LogP contribution < -0.4 is 14.9 Å². The highest BCUT2D eigenvalue weighted by Gasteiger charge is 2.05. The average molecular weight is 303 g/mol. The molecular formula is C19H18BNO2. The topological polar surface area (TPSA) is 31.4 Å². The highest BCUT2D eigenvalue weighted by Crippen LogP contribution is 2.14. The Kier molecular flexibility index (Phi) is 4.94. The minimum absolute atomic E-state index is 0.495. The van der Waals surface area contributed by atoms with Crippen LogP contribution in [0.5, 0.6) is 11.8 Å². The van der Waals surface area contributed by atoms with Crippen LogP contribution in [0.25, 0.3) is 0 Å². The SMILES string of the molecule is Bc1ccc(OCc2ccccc2)nc1OCc1ccccc1. The normalized spacial score (nSPS) is 10.3. The number of aromatic nitrogens is 1. The van der Waals surface area contributed by atoms with Gasteiger partial charge in [0.05, 0.1) is 0 Å². The molecule has 0 N–H and O–H groups in total. The minimum Gasteiger partial charge on any atom is -0.473 e. The summed E-state index contributed by atoms with van der Waals surface area (Å²) in [5.74, 6) is 1.18. The van der Waals surface area contributed by atoms with Crippen LogP contribution >= 0.6 is 0 Å². The van der Waals surface area contributed by atoms with Crippen molar-refractivity contribution < 1.29 is 9.47 Å². The molecule has 23 heavy (non-hydrogen) atoms. The van der Waals surface area contributed by atoms with Crippen LogP contribution in [0.3, 0.4) is 0 Å². The molecule has 0 radical (unpaired) electrons. The molecule has 4 heteroatoms. The predicted molar refractivity (Wildman–Crippen MR) is 94.0 cm³/mol. The molecule has 0 unspecified atom stereocenters. The third kappa shape index (κ3) is 4.36. The minimum atomic E-state index is 0.495. The van der Waals surface area contributed by atoms with E-state index in [0.29, 0.717) is 25.0 Å². The highest BCUT2D eigenvalue weighted by molar-refractivity contribution is 6.33. The van der Waals surface area contributed by atoms with E-state index in [1.54, 1.807) is 0 Å². The van der Waals surface area contributed by atoms with Crippen molar-refractivity contribution in [1.29, 1.82) is 0 Å². The van der Waals surface area contributed by atoms with Gasteiger partial charge in [0.25, 0.3) is 0 Å². The maximum atomic E-state index is 5.82. The van der Waals surface area contributed by atoms with E-state index in [2.05, 4.69) is 4.98 Å². The molecule has 3 rings (SSSR count). The largest absolute Gasteiger partial charge is 0.473 e. The van der Waals surface area contributed by atoms with Gasteiger partial charge in [-0.1, -0.05) is 66.7 Å². The predicted octanol–water partition coefficient (Wildman–Crippen LogP) is 2.50. The van der Waals surface area contributed by atoms with E-state index in [1.165, 1.54) is 0 Å². The van der Waals surface area contributed by atoms with Gasteiger partial charge in [-0.2, -0.15) is 4.98 Å². The van der Waals surface area contributed by atoms with Crippen LogP contribution in [0.15, 0.2) is 72.8 Å². The fraction of sp³-hybridized carbons (Fsp3) is 0.105. The van der Waals surface area contributed by atoms with Crippen LogP contribution in [-0.2, 0) is 13.2 Å². The number of rotatable bonds is 6. The van der Waals surface area contributed by atoms with Crippen molar-refractivity contribution in [2.45, 2.75) is 13.2 Å². The summed E-state index contributed by atoms with van der Waals surface area (Å²) in [6.07, 6.45) is 0. The van der Waals surface area contributed by atoms with Crippen molar-refractivity contribution in [3.8, 4) is 11.8 Å². The Balaban J connectivity index is 1.64. The first-order valence-corrected chi connectivity index (χ1v) is 7.62. The molecule has 0 aliphatic heterocycles. The molecular weight excluding hydrogens is 285 g/mol. The molecule has 3 aromatic rings. The fourth-order valence-corrected chi connectivity index (χ4v) is 2.18. The van der Waals surface area contributed by atoms with Crippen LogP contribution in [-0.4, -0.2) is 12.8 Å². The van der Waals surface area contributed by atoms with Crippen molar-refractivity contribution in [2.75, 3.05) is 0 Å². The van der Waals surface area contributed by atoms with E-state index in [-0.39, 0.29) is 0 Å². The Labute approximate surface area is 137 Å². The van der Waals surface area contributed by atoms with E-state index in [9.17, 15) is 0 Å². The smallest absolute Gasteiger partial charge is 0.216 e. The summed E-state index contributed by atoms with van der Waals surface area (Å²) in [5, 5.41) is 0. The van der Waals surface area contributed by atoms with Gasteiger partial charge < -0.3 is 9.47 Å². The lowest BCUT2D eigenvalue weighted by Crippen LogP contribution is -2.12. The summed E-state index contributed by atoms with van der Waals surface area (Å²) >= 11 is 0. The van der Waals surface area contributed by atoms with Gasteiger partial charge >= 0.3 is 0 Å². The second-order valence-corrected chi connectivity index (χ2v) is 5.32. The molecule has 0 fully saturated rings. The number of hydrogen-bond acceptors (Lipinski definition) is 3. The zero-order chi connectivity index (χ0) is 15.9. The first-order valence-electron chi connectivity index (χ1n) is 7.62. The van der Waals surface area contributed by atoms with E-state index in [1.807, 2.05) is 80.6 Å². The molecule has 0 saturated heterocycles. The van der Waals surface area contributed by atoms with Gasteiger partial charge in [0, 0.05) is 0 Å². The molecule has 3 nitrogen and oxygen atoms in total. The van der Waals surface area contributed by atoms with E-state index in [4.69, 9.17) is 9.47 Å². The zero-order valence-corrected chi connectivity index (χ0v) is 13.1. The van der Waals surface area contributed by atoms with E-state index < -0.39 is 0 Å². The monoisotopic (exact) mass is 303 g/mol. The van der Waals surface area contributed by atoms with Crippen molar-refractivity contribution in [3.05, 3.63) is 83.9 Å². The van der Waals surface area contributed by atoms with E-state index >= 15 is 0 Å². The van der Waals surface area contributed by atoms with Crippen molar-refractivity contribution >= 4 is 13.3 Å². The Morgan fingerprint density at radius 3 is 1.87 bits per heavy atom. The Morgan fingerprint density at radius 2 is 1.26 bits per heavy atom. The molecule has 0 saturated carbocycles. The highest BCUT2D eigenvalue weighted by atomic mass is 16.5. The summed E-state index contributed by atoms with van der Waals surface area (Å²) < 4.78 is 11.6. The fourth-order valence-electron chi connectivity index (χ4n) is 2.18. The molecule has 0 aliphatic rings. The Bertz CT molecular complexity index is 748.